The first-order valence-corrected chi connectivity index (χ1v) is 8.08. The van der Waals surface area contributed by atoms with Crippen LogP contribution < -0.4 is 5.32 Å². The summed E-state index contributed by atoms with van der Waals surface area (Å²) in [5.74, 6) is 0. The summed E-state index contributed by atoms with van der Waals surface area (Å²) in [4.78, 5) is 0. The van der Waals surface area contributed by atoms with Crippen molar-refractivity contribution >= 4 is 11.6 Å². The topological polar surface area (TPSA) is 12.0 Å². The van der Waals surface area contributed by atoms with Gasteiger partial charge in [0.1, 0.15) is 0 Å². The minimum absolute atomic E-state index is 0.272. The molecule has 0 fully saturated rings. The van der Waals surface area contributed by atoms with Crippen molar-refractivity contribution in [3.05, 3.63) is 70.2 Å². The summed E-state index contributed by atoms with van der Waals surface area (Å²) in [5.41, 5.74) is 3.96. The molecule has 0 aliphatic carbocycles. The molecule has 0 saturated carbocycles. The van der Waals surface area contributed by atoms with Crippen LogP contribution in [-0.4, -0.2) is 0 Å². The van der Waals surface area contributed by atoms with Gasteiger partial charge < -0.3 is 5.32 Å². The van der Waals surface area contributed by atoms with E-state index in [4.69, 9.17) is 11.6 Å². The van der Waals surface area contributed by atoms with Crippen LogP contribution in [-0.2, 0) is 6.42 Å². The fourth-order valence-corrected chi connectivity index (χ4v) is 2.80. The Morgan fingerprint density at radius 3 is 2.24 bits per heavy atom. The molecule has 21 heavy (non-hydrogen) atoms. The molecule has 0 spiro atoms. The van der Waals surface area contributed by atoms with Crippen molar-refractivity contribution in [2.75, 3.05) is 0 Å². The Bertz CT molecular complexity index is 562. The first-order chi connectivity index (χ1) is 10.1. The van der Waals surface area contributed by atoms with Crippen LogP contribution in [0.3, 0.4) is 0 Å². The number of nitrogens with one attached hydrogen (secondary N) is 1. The van der Waals surface area contributed by atoms with Gasteiger partial charge in [-0.15, -0.1) is 0 Å². The molecule has 0 saturated heterocycles. The third-order valence-electron chi connectivity index (χ3n) is 3.87. The lowest BCUT2D eigenvalue weighted by Gasteiger charge is -2.21. The Kier molecular flexibility index (Phi) is 5.84. The van der Waals surface area contributed by atoms with Crippen molar-refractivity contribution in [1.82, 2.24) is 5.32 Å². The molecule has 2 aromatic carbocycles. The van der Waals surface area contributed by atoms with Gasteiger partial charge >= 0.3 is 0 Å². The van der Waals surface area contributed by atoms with Crippen molar-refractivity contribution in [3.8, 4) is 0 Å². The van der Waals surface area contributed by atoms with Gasteiger partial charge in [-0.1, -0.05) is 61.3 Å². The smallest absolute Gasteiger partial charge is 0.0409 e. The minimum atomic E-state index is 0.272. The highest BCUT2D eigenvalue weighted by atomic mass is 35.5. The molecule has 0 radical (unpaired) electrons. The summed E-state index contributed by atoms with van der Waals surface area (Å²) in [6.07, 6.45) is 2.35. The monoisotopic (exact) mass is 301 g/mol. The summed E-state index contributed by atoms with van der Waals surface area (Å²) in [6.45, 7) is 6.59. The van der Waals surface area contributed by atoms with Gasteiger partial charge in [0, 0.05) is 17.1 Å². The van der Waals surface area contributed by atoms with E-state index in [1.165, 1.54) is 23.1 Å². The normalized spacial score (nSPS) is 13.9. The predicted octanol–water partition coefficient (Wildman–Crippen LogP) is 5.70. The van der Waals surface area contributed by atoms with Crippen molar-refractivity contribution in [2.45, 2.75) is 45.7 Å². The lowest BCUT2D eigenvalue weighted by atomic mass is 10.0. The summed E-state index contributed by atoms with van der Waals surface area (Å²) < 4.78 is 0. The fourth-order valence-electron chi connectivity index (χ4n) is 2.61. The number of benzene rings is 2. The Labute approximate surface area is 133 Å². The van der Waals surface area contributed by atoms with E-state index >= 15 is 0 Å². The molecule has 112 valence electrons. The first kappa shape index (κ1) is 16.1. The van der Waals surface area contributed by atoms with Crippen molar-refractivity contribution in [1.29, 1.82) is 0 Å². The average Bonchev–Trinajstić information content (AvgIpc) is 2.48. The summed E-state index contributed by atoms with van der Waals surface area (Å²) in [5, 5.41) is 4.42. The largest absolute Gasteiger partial charge is 0.304 e. The molecule has 2 atom stereocenters. The molecule has 1 N–H and O–H groups in total. The summed E-state index contributed by atoms with van der Waals surface area (Å²) >= 11 is 6.06. The second-order valence-electron chi connectivity index (χ2n) is 5.66. The Morgan fingerprint density at radius 2 is 1.62 bits per heavy atom. The Morgan fingerprint density at radius 1 is 0.952 bits per heavy atom. The molecule has 2 rings (SSSR count). The summed E-state index contributed by atoms with van der Waals surface area (Å²) in [7, 11) is 0. The standard InChI is InChI=1S/C19H24ClN/c1-4-6-16-9-11-17(12-10-16)14(2)21-15(3)18-7-5-8-19(20)13-18/h5,7-15,21H,4,6H2,1-3H3/t14?,15-/m0/s1. The van der Waals surface area contributed by atoms with E-state index in [9.17, 15) is 0 Å². The minimum Gasteiger partial charge on any atom is -0.304 e. The van der Waals surface area contributed by atoms with E-state index in [0.29, 0.717) is 6.04 Å². The number of halogens is 1. The van der Waals surface area contributed by atoms with E-state index in [2.05, 4.69) is 56.4 Å². The molecule has 0 amide bonds. The lowest BCUT2D eigenvalue weighted by Crippen LogP contribution is -2.22. The molecule has 0 aliphatic rings. The van der Waals surface area contributed by atoms with Crippen molar-refractivity contribution in [3.63, 3.8) is 0 Å². The average molecular weight is 302 g/mol. The molecule has 2 heteroatoms. The highest BCUT2D eigenvalue weighted by Gasteiger charge is 2.11. The Balaban J connectivity index is 2.01. The molecular formula is C19H24ClN. The van der Waals surface area contributed by atoms with E-state index in [-0.39, 0.29) is 6.04 Å². The van der Waals surface area contributed by atoms with Crippen LogP contribution in [0.5, 0.6) is 0 Å². The van der Waals surface area contributed by atoms with Crippen LogP contribution in [0.1, 0.15) is 56.0 Å². The van der Waals surface area contributed by atoms with Gasteiger partial charge in [-0.25, -0.2) is 0 Å². The zero-order valence-corrected chi connectivity index (χ0v) is 13.8. The first-order valence-electron chi connectivity index (χ1n) is 7.70. The van der Waals surface area contributed by atoms with Gasteiger partial charge in [0.05, 0.1) is 0 Å². The molecule has 0 aliphatic heterocycles. The highest BCUT2D eigenvalue weighted by molar-refractivity contribution is 6.30. The van der Waals surface area contributed by atoms with Crippen LogP contribution in [0.25, 0.3) is 0 Å². The van der Waals surface area contributed by atoms with Crippen LogP contribution in [0.15, 0.2) is 48.5 Å². The van der Waals surface area contributed by atoms with Crippen LogP contribution in [0, 0.1) is 0 Å². The van der Waals surface area contributed by atoms with Gasteiger partial charge in [0.15, 0.2) is 0 Å². The molecule has 0 aromatic heterocycles. The number of aryl methyl sites for hydroxylation is 1. The quantitative estimate of drug-likeness (QED) is 0.721. The van der Waals surface area contributed by atoms with Crippen LogP contribution in [0.4, 0.5) is 0 Å². The number of hydrogen-bond donors (Lipinski definition) is 1. The Hall–Kier alpha value is -1.31. The van der Waals surface area contributed by atoms with E-state index < -0.39 is 0 Å². The van der Waals surface area contributed by atoms with Crippen LogP contribution >= 0.6 is 11.6 Å². The maximum absolute atomic E-state index is 6.06. The van der Waals surface area contributed by atoms with Crippen molar-refractivity contribution < 1.29 is 0 Å². The van der Waals surface area contributed by atoms with Crippen LogP contribution in [0.2, 0.25) is 5.02 Å². The third-order valence-corrected chi connectivity index (χ3v) is 4.10. The second kappa shape index (κ2) is 7.63. The van der Waals surface area contributed by atoms with Gasteiger partial charge in [-0.3, -0.25) is 0 Å². The zero-order chi connectivity index (χ0) is 15.2. The van der Waals surface area contributed by atoms with Crippen molar-refractivity contribution in [2.24, 2.45) is 0 Å². The molecule has 0 bridgehead atoms. The molecule has 2 aromatic rings. The fraction of sp³-hybridized carbons (Fsp3) is 0.368. The maximum atomic E-state index is 6.06. The zero-order valence-electron chi connectivity index (χ0n) is 13.1. The van der Waals surface area contributed by atoms with E-state index in [1.54, 1.807) is 0 Å². The van der Waals surface area contributed by atoms with E-state index in [0.717, 1.165) is 11.4 Å². The lowest BCUT2D eigenvalue weighted by molar-refractivity contribution is 0.494. The maximum Gasteiger partial charge on any atom is 0.0409 e. The SMILES string of the molecule is CCCc1ccc(C(C)N[C@@H](C)c2cccc(Cl)c2)cc1. The summed E-state index contributed by atoms with van der Waals surface area (Å²) in [6, 6.07) is 17.6. The van der Waals surface area contributed by atoms with E-state index in [1.807, 2.05) is 18.2 Å². The van der Waals surface area contributed by atoms with Gasteiger partial charge in [-0.2, -0.15) is 0 Å². The van der Waals surface area contributed by atoms with Gasteiger partial charge in [-0.05, 0) is 49.1 Å². The molecular weight excluding hydrogens is 278 g/mol. The second-order valence-corrected chi connectivity index (χ2v) is 6.09. The number of hydrogen-bond acceptors (Lipinski definition) is 1. The predicted molar refractivity (Wildman–Crippen MR) is 91.9 cm³/mol. The number of rotatable bonds is 6. The van der Waals surface area contributed by atoms with Gasteiger partial charge in [0.25, 0.3) is 0 Å². The molecule has 0 heterocycles. The van der Waals surface area contributed by atoms with Gasteiger partial charge in [0.2, 0.25) is 0 Å². The molecule has 1 unspecified atom stereocenters. The highest BCUT2D eigenvalue weighted by Crippen LogP contribution is 2.22. The third kappa shape index (κ3) is 4.59. The molecule has 1 nitrogen and oxygen atoms in total.